The molecule has 0 aliphatic carbocycles. The number of aromatic nitrogens is 4. The van der Waals surface area contributed by atoms with Gasteiger partial charge in [-0.25, -0.2) is 9.50 Å². The smallest absolute Gasteiger partial charge is 0.213 e. The summed E-state index contributed by atoms with van der Waals surface area (Å²) < 4.78 is 1.76. The maximum absolute atomic E-state index is 12.7. The van der Waals surface area contributed by atoms with E-state index in [9.17, 15) is 4.79 Å². The minimum atomic E-state index is -0.0218. The fourth-order valence-corrected chi connectivity index (χ4v) is 3.73. The molecule has 0 amide bonds. The van der Waals surface area contributed by atoms with E-state index >= 15 is 0 Å². The zero-order valence-corrected chi connectivity index (χ0v) is 12.4. The molecule has 0 aromatic carbocycles. The highest BCUT2D eigenvalue weighted by atomic mass is 32.1. The van der Waals surface area contributed by atoms with Gasteiger partial charge in [0.05, 0.1) is 22.0 Å². The molecule has 6 heteroatoms. The van der Waals surface area contributed by atoms with Crippen LogP contribution in [0.3, 0.4) is 0 Å². The number of aromatic amines is 1. The number of pyridine rings is 2. The molecule has 0 radical (unpaired) electrons. The Balaban J connectivity index is 2.16. The Hall–Kier alpha value is -2.73. The second kappa shape index (κ2) is 3.92. The number of H-pyrrole nitrogens is 1. The van der Waals surface area contributed by atoms with E-state index in [0.29, 0.717) is 10.9 Å². The zero-order valence-electron chi connectivity index (χ0n) is 11.6. The molecule has 0 saturated carbocycles. The number of rotatable bonds is 1. The standard InChI is InChI=1S/C16H10N4OS/c1-8-4-12-15(21)11-6-18-16-13(11)14(20(12)19-8)10(5-17-16)9-2-3-22-7-9/h2-7H,1H3,(H,17,18). The number of thiophene rings is 1. The molecule has 106 valence electrons. The maximum atomic E-state index is 12.7. The Bertz CT molecular complexity index is 1200. The number of hydrogen-bond donors (Lipinski definition) is 1. The van der Waals surface area contributed by atoms with Crippen molar-refractivity contribution in [3.63, 3.8) is 0 Å². The Morgan fingerprint density at radius 3 is 3.09 bits per heavy atom. The average Bonchev–Trinajstić information content (AvgIpc) is 3.23. The first-order valence-electron chi connectivity index (χ1n) is 6.88. The first kappa shape index (κ1) is 11.9. The first-order chi connectivity index (χ1) is 10.7. The third-order valence-corrected chi connectivity index (χ3v) is 4.71. The van der Waals surface area contributed by atoms with Gasteiger partial charge in [0.15, 0.2) is 0 Å². The van der Waals surface area contributed by atoms with Crippen molar-refractivity contribution in [1.29, 1.82) is 0 Å². The van der Waals surface area contributed by atoms with E-state index in [1.54, 1.807) is 22.0 Å². The molecule has 1 N–H and O–H groups in total. The van der Waals surface area contributed by atoms with Crippen molar-refractivity contribution < 1.29 is 0 Å². The summed E-state index contributed by atoms with van der Waals surface area (Å²) in [6.07, 6.45) is 3.59. The minimum absolute atomic E-state index is 0.0218. The van der Waals surface area contributed by atoms with Crippen molar-refractivity contribution in [3.8, 4) is 11.1 Å². The van der Waals surface area contributed by atoms with Crippen LogP contribution in [-0.2, 0) is 0 Å². The van der Waals surface area contributed by atoms with E-state index in [2.05, 4.69) is 26.5 Å². The van der Waals surface area contributed by atoms with Gasteiger partial charge >= 0.3 is 0 Å². The molecule has 0 bridgehead atoms. The number of fused-ring (bicyclic) bond motifs is 2. The van der Waals surface area contributed by atoms with Crippen molar-refractivity contribution >= 4 is 38.8 Å². The summed E-state index contributed by atoms with van der Waals surface area (Å²) in [5.74, 6) is 0. The van der Waals surface area contributed by atoms with Gasteiger partial charge in [-0.15, -0.1) is 0 Å². The SMILES string of the molecule is Cc1cc2c(=O)c3cnc4[nH]cc(-c5ccsc5)c(c43)n2n1. The fraction of sp³-hybridized carbons (Fsp3) is 0.0625. The number of nitrogens with one attached hydrogen (secondary N) is 1. The van der Waals surface area contributed by atoms with Gasteiger partial charge < -0.3 is 4.98 Å². The molecule has 0 saturated heterocycles. The van der Waals surface area contributed by atoms with Crippen LogP contribution in [0.4, 0.5) is 0 Å². The predicted octanol–water partition coefficient (Wildman–Crippen LogP) is 3.20. The first-order valence-corrected chi connectivity index (χ1v) is 7.83. The third kappa shape index (κ3) is 1.35. The van der Waals surface area contributed by atoms with Gasteiger partial charge in [-0.3, -0.25) is 4.79 Å². The second-order valence-electron chi connectivity index (χ2n) is 5.37. The predicted molar refractivity (Wildman–Crippen MR) is 87.9 cm³/mol. The second-order valence-corrected chi connectivity index (χ2v) is 6.15. The van der Waals surface area contributed by atoms with Gasteiger partial charge in [0, 0.05) is 18.0 Å². The van der Waals surface area contributed by atoms with Crippen LogP contribution in [0.2, 0.25) is 0 Å². The Kier molecular flexibility index (Phi) is 2.12. The van der Waals surface area contributed by atoms with E-state index < -0.39 is 0 Å². The molecule has 0 spiro atoms. The van der Waals surface area contributed by atoms with Crippen LogP contribution < -0.4 is 5.43 Å². The zero-order chi connectivity index (χ0) is 14.8. The van der Waals surface area contributed by atoms with E-state index in [1.165, 1.54) is 0 Å². The molecule has 5 aromatic heterocycles. The molecule has 0 aliphatic rings. The highest BCUT2D eigenvalue weighted by Gasteiger charge is 2.19. The van der Waals surface area contributed by atoms with Crippen LogP contribution in [0, 0.1) is 6.92 Å². The lowest BCUT2D eigenvalue weighted by Gasteiger charge is -2.07. The molecule has 22 heavy (non-hydrogen) atoms. The quantitative estimate of drug-likeness (QED) is 0.517. The van der Waals surface area contributed by atoms with Gasteiger partial charge in [0.25, 0.3) is 0 Å². The summed E-state index contributed by atoms with van der Waals surface area (Å²) in [5.41, 5.74) is 5.20. The van der Waals surface area contributed by atoms with Crippen LogP contribution in [0.25, 0.3) is 38.6 Å². The van der Waals surface area contributed by atoms with Gasteiger partial charge in [-0.2, -0.15) is 16.4 Å². The molecular weight excluding hydrogens is 296 g/mol. The summed E-state index contributed by atoms with van der Waals surface area (Å²) in [5, 5.41) is 10.2. The van der Waals surface area contributed by atoms with Crippen molar-refractivity contribution in [3.05, 3.63) is 51.2 Å². The molecule has 5 nitrogen and oxygen atoms in total. The lowest BCUT2D eigenvalue weighted by atomic mass is 10.1. The van der Waals surface area contributed by atoms with Gasteiger partial charge in [0.2, 0.25) is 5.43 Å². The highest BCUT2D eigenvalue weighted by molar-refractivity contribution is 7.08. The van der Waals surface area contributed by atoms with E-state index in [-0.39, 0.29) is 5.43 Å². The summed E-state index contributed by atoms with van der Waals surface area (Å²) in [7, 11) is 0. The van der Waals surface area contributed by atoms with Gasteiger partial charge in [-0.05, 0) is 35.4 Å². The normalized spacial score (nSPS) is 12.0. The van der Waals surface area contributed by atoms with Crippen LogP contribution in [-0.4, -0.2) is 19.6 Å². The van der Waals surface area contributed by atoms with Crippen LogP contribution in [0.1, 0.15) is 5.69 Å². The summed E-state index contributed by atoms with van der Waals surface area (Å²) in [6, 6.07) is 3.90. The Morgan fingerprint density at radius 2 is 2.27 bits per heavy atom. The van der Waals surface area contributed by atoms with Crippen LogP contribution in [0.5, 0.6) is 0 Å². The summed E-state index contributed by atoms with van der Waals surface area (Å²) in [4.78, 5) is 20.2. The lowest BCUT2D eigenvalue weighted by Crippen LogP contribution is -2.07. The average molecular weight is 306 g/mol. The Labute approximate surface area is 128 Å². The number of aryl methyl sites for hydroxylation is 1. The lowest BCUT2D eigenvalue weighted by molar-refractivity contribution is 0.970. The minimum Gasteiger partial charge on any atom is -0.345 e. The van der Waals surface area contributed by atoms with E-state index in [0.717, 1.165) is 33.4 Å². The van der Waals surface area contributed by atoms with Crippen molar-refractivity contribution in [2.45, 2.75) is 6.92 Å². The molecule has 0 atom stereocenters. The van der Waals surface area contributed by atoms with Gasteiger partial charge in [0.1, 0.15) is 11.2 Å². The van der Waals surface area contributed by atoms with Crippen molar-refractivity contribution in [1.82, 2.24) is 19.6 Å². The summed E-state index contributed by atoms with van der Waals surface area (Å²) in [6.45, 7) is 1.90. The molecule has 0 aliphatic heterocycles. The summed E-state index contributed by atoms with van der Waals surface area (Å²) >= 11 is 1.64. The van der Waals surface area contributed by atoms with Crippen molar-refractivity contribution in [2.75, 3.05) is 0 Å². The Morgan fingerprint density at radius 1 is 1.36 bits per heavy atom. The molecule has 0 unspecified atom stereocenters. The topological polar surface area (TPSA) is 63.0 Å². The molecule has 5 aromatic rings. The third-order valence-electron chi connectivity index (χ3n) is 4.03. The highest BCUT2D eigenvalue weighted by Crippen LogP contribution is 2.33. The largest absolute Gasteiger partial charge is 0.345 e. The maximum Gasteiger partial charge on any atom is 0.213 e. The fourth-order valence-electron chi connectivity index (χ4n) is 3.08. The molecule has 0 fully saturated rings. The molecular formula is C16H10N4OS. The van der Waals surface area contributed by atoms with Gasteiger partial charge in [-0.1, -0.05) is 0 Å². The monoisotopic (exact) mass is 306 g/mol. The van der Waals surface area contributed by atoms with Crippen LogP contribution >= 0.6 is 11.3 Å². The molecule has 5 rings (SSSR count). The van der Waals surface area contributed by atoms with Crippen LogP contribution in [0.15, 0.2) is 40.1 Å². The van der Waals surface area contributed by atoms with Crippen molar-refractivity contribution in [2.24, 2.45) is 0 Å². The number of hydrogen-bond acceptors (Lipinski definition) is 4. The van der Waals surface area contributed by atoms with E-state index in [4.69, 9.17) is 0 Å². The molecule has 5 heterocycles. The number of nitrogens with zero attached hydrogens (tertiary/aromatic N) is 3. The van der Waals surface area contributed by atoms with E-state index in [1.807, 2.05) is 24.6 Å².